The Labute approximate surface area is 135 Å². The van der Waals surface area contributed by atoms with Gasteiger partial charge in [-0.2, -0.15) is 9.83 Å². The lowest BCUT2D eigenvalue weighted by Crippen LogP contribution is -3.00. The second-order valence-corrected chi connectivity index (χ2v) is 5.07. The van der Waals surface area contributed by atoms with Crippen molar-refractivity contribution in [2.45, 2.75) is 26.3 Å². The Morgan fingerprint density at radius 3 is 2.19 bits per heavy atom. The van der Waals surface area contributed by atoms with Gasteiger partial charge in [0.05, 0.1) is 11.6 Å². The van der Waals surface area contributed by atoms with Crippen LogP contribution in [0, 0.1) is 11.3 Å². The average molecular weight is 345 g/mol. The van der Waals surface area contributed by atoms with Gasteiger partial charge in [0.25, 0.3) is 0 Å². The number of halogens is 1. The van der Waals surface area contributed by atoms with Crippen LogP contribution in [0.5, 0.6) is 0 Å². The molecule has 4 heteroatoms. The highest BCUT2D eigenvalue weighted by atomic mass is 79.9. The van der Waals surface area contributed by atoms with Gasteiger partial charge in [0, 0.05) is 17.7 Å². The summed E-state index contributed by atoms with van der Waals surface area (Å²) in [5, 5.41) is 8.73. The number of rotatable bonds is 4. The SMILES string of the molecule is CC(C)c1cc[n+](CC(=O)c2ccc(C#N)cc2)cc1.[Br-]. The highest BCUT2D eigenvalue weighted by Crippen LogP contribution is 2.11. The van der Waals surface area contributed by atoms with E-state index in [1.165, 1.54) is 5.56 Å². The minimum absolute atomic E-state index is 0. The molecule has 0 unspecified atom stereocenters. The number of ketones is 1. The third-order valence-electron chi connectivity index (χ3n) is 3.25. The van der Waals surface area contributed by atoms with E-state index in [4.69, 9.17) is 5.26 Å². The van der Waals surface area contributed by atoms with Crippen LogP contribution >= 0.6 is 0 Å². The molecule has 108 valence electrons. The molecule has 0 fully saturated rings. The third-order valence-corrected chi connectivity index (χ3v) is 3.25. The number of nitrogens with zero attached hydrogens (tertiary/aromatic N) is 2. The Kier molecular flexibility index (Phi) is 6.26. The van der Waals surface area contributed by atoms with E-state index in [-0.39, 0.29) is 22.8 Å². The standard InChI is InChI=1S/C17H17N2O.BrH/c1-13(2)15-7-9-19(10-8-15)12-17(20)16-5-3-14(11-18)4-6-16;/h3-10,13H,12H2,1-2H3;1H/q+1;/p-1. The van der Waals surface area contributed by atoms with Crippen molar-refractivity contribution in [1.29, 1.82) is 5.26 Å². The Balaban J connectivity index is 0.00000220. The van der Waals surface area contributed by atoms with Crippen LogP contribution in [0.2, 0.25) is 0 Å². The molecule has 2 aromatic rings. The number of hydrogen-bond donors (Lipinski definition) is 0. The van der Waals surface area contributed by atoms with Gasteiger partial charge in [-0.25, -0.2) is 0 Å². The maximum Gasteiger partial charge on any atom is 0.227 e. The Morgan fingerprint density at radius 1 is 1.14 bits per heavy atom. The molecule has 0 saturated carbocycles. The highest BCUT2D eigenvalue weighted by molar-refractivity contribution is 5.95. The molecule has 0 saturated heterocycles. The molecule has 0 aliphatic carbocycles. The van der Waals surface area contributed by atoms with Gasteiger partial charge >= 0.3 is 0 Å². The Hall–Kier alpha value is -1.99. The van der Waals surface area contributed by atoms with Gasteiger partial charge < -0.3 is 17.0 Å². The third kappa shape index (κ3) is 4.51. The molecule has 0 spiro atoms. The molecule has 0 aliphatic heterocycles. The van der Waals surface area contributed by atoms with Gasteiger partial charge in [0.15, 0.2) is 12.4 Å². The summed E-state index contributed by atoms with van der Waals surface area (Å²) in [6, 6.07) is 12.8. The predicted octanol–water partition coefficient (Wildman–Crippen LogP) is -0.144. The lowest BCUT2D eigenvalue weighted by atomic mass is 10.1. The van der Waals surface area contributed by atoms with Crippen LogP contribution in [0.15, 0.2) is 48.8 Å². The lowest BCUT2D eigenvalue weighted by molar-refractivity contribution is -0.683. The van der Waals surface area contributed by atoms with Gasteiger partial charge in [-0.15, -0.1) is 0 Å². The minimum Gasteiger partial charge on any atom is -1.00 e. The van der Waals surface area contributed by atoms with Crippen molar-refractivity contribution in [2.75, 3.05) is 0 Å². The number of carbonyl (C=O) groups excluding carboxylic acids is 1. The summed E-state index contributed by atoms with van der Waals surface area (Å²) in [4.78, 5) is 12.1. The van der Waals surface area contributed by atoms with Gasteiger partial charge in [-0.3, -0.25) is 4.79 Å². The molecule has 1 aromatic carbocycles. The van der Waals surface area contributed by atoms with Crippen LogP contribution < -0.4 is 21.5 Å². The number of aromatic nitrogens is 1. The number of hydrogen-bond acceptors (Lipinski definition) is 2. The molecule has 0 bridgehead atoms. The first-order valence-corrected chi connectivity index (χ1v) is 6.62. The fraction of sp³-hybridized carbons (Fsp3) is 0.235. The molecule has 0 N–H and O–H groups in total. The fourth-order valence-corrected chi connectivity index (χ4v) is 1.95. The number of benzene rings is 1. The highest BCUT2D eigenvalue weighted by Gasteiger charge is 2.12. The summed E-state index contributed by atoms with van der Waals surface area (Å²) in [6.07, 6.45) is 3.85. The zero-order valence-corrected chi connectivity index (χ0v) is 13.7. The fourth-order valence-electron chi connectivity index (χ4n) is 1.95. The van der Waals surface area contributed by atoms with E-state index in [0.717, 1.165) is 0 Å². The first-order valence-electron chi connectivity index (χ1n) is 6.62. The van der Waals surface area contributed by atoms with Gasteiger partial charge in [-0.1, -0.05) is 13.8 Å². The molecule has 0 amide bonds. The molecule has 0 aliphatic rings. The second kappa shape index (κ2) is 7.70. The number of Topliss-reactive ketones (excluding diaryl/α,β-unsaturated/α-hetero) is 1. The largest absolute Gasteiger partial charge is 1.00 e. The van der Waals surface area contributed by atoms with Crippen molar-refractivity contribution in [3.8, 4) is 6.07 Å². The van der Waals surface area contributed by atoms with E-state index in [1.807, 2.05) is 35.2 Å². The number of nitriles is 1. The normalized spacial score (nSPS) is 9.81. The van der Waals surface area contributed by atoms with Crippen molar-refractivity contribution >= 4 is 5.78 Å². The van der Waals surface area contributed by atoms with E-state index in [2.05, 4.69) is 13.8 Å². The molecule has 0 atom stereocenters. The average Bonchev–Trinajstić information content (AvgIpc) is 2.48. The quantitative estimate of drug-likeness (QED) is 0.572. The first kappa shape index (κ1) is 17.1. The van der Waals surface area contributed by atoms with Crippen LogP contribution in [0.3, 0.4) is 0 Å². The topological polar surface area (TPSA) is 44.7 Å². The van der Waals surface area contributed by atoms with Crippen molar-refractivity contribution in [2.24, 2.45) is 0 Å². The molecule has 1 heterocycles. The molecular formula is C17H17BrN2O. The molecule has 3 nitrogen and oxygen atoms in total. The Bertz CT molecular complexity index is 640. The monoisotopic (exact) mass is 344 g/mol. The van der Waals surface area contributed by atoms with Crippen molar-refractivity contribution in [3.05, 3.63) is 65.5 Å². The van der Waals surface area contributed by atoms with E-state index >= 15 is 0 Å². The first-order chi connectivity index (χ1) is 9.60. The Morgan fingerprint density at radius 2 is 1.71 bits per heavy atom. The summed E-state index contributed by atoms with van der Waals surface area (Å²) in [5.41, 5.74) is 2.45. The van der Waals surface area contributed by atoms with E-state index in [1.54, 1.807) is 24.3 Å². The zero-order chi connectivity index (χ0) is 14.5. The van der Waals surface area contributed by atoms with Crippen LogP contribution in [0.25, 0.3) is 0 Å². The summed E-state index contributed by atoms with van der Waals surface area (Å²) in [7, 11) is 0. The van der Waals surface area contributed by atoms with Gasteiger partial charge in [0.2, 0.25) is 12.3 Å². The summed E-state index contributed by atoms with van der Waals surface area (Å²) in [6.45, 7) is 4.59. The minimum atomic E-state index is 0. The van der Waals surface area contributed by atoms with Crippen LogP contribution in [0.1, 0.15) is 41.3 Å². The summed E-state index contributed by atoms with van der Waals surface area (Å²) >= 11 is 0. The van der Waals surface area contributed by atoms with Crippen molar-refractivity contribution < 1.29 is 26.3 Å². The smallest absolute Gasteiger partial charge is 0.227 e. The van der Waals surface area contributed by atoms with Gasteiger partial charge in [0.1, 0.15) is 0 Å². The van der Waals surface area contributed by atoms with Crippen LogP contribution in [-0.2, 0) is 6.54 Å². The van der Waals surface area contributed by atoms with Gasteiger partial charge in [-0.05, 0) is 35.7 Å². The maximum absolute atomic E-state index is 12.1. The maximum atomic E-state index is 12.1. The van der Waals surface area contributed by atoms with E-state index in [9.17, 15) is 4.79 Å². The molecule has 21 heavy (non-hydrogen) atoms. The lowest BCUT2D eigenvalue weighted by Gasteiger charge is -2.03. The van der Waals surface area contributed by atoms with Crippen LogP contribution in [-0.4, -0.2) is 5.78 Å². The predicted molar refractivity (Wildman–Crippen MR) is 76.2 cm³/mol. The molecule has 1 aromatic heterocycles. The van der Waals surface area contributed by atoms with Crippen LogP contribution in [0.4, 0.5) is 0 Å². The van der Waals surface area contributed by atoms with E-state index < -0.39 is 0 Å². The summed E-state index contributed by atoms with van der Waals surface area (Å²) < 4.78 is 1.87. The van der Waals surface area contributed by atoms with E-state index in [0.29, 0.717) is 23.6 Å². The molecular weight excluding hydrogens is 328 g/mol. The number of carbonyl (C=O) groups is 1. The number of pyridine rings is 1. The second-order valence-electron chi connectivity index (χ2n) is 5.07. The zero-order valence-electron chi connectivity index (χ0n) is 12.1. The molecule has 0 radical (unpaired) electrons. The summed E-state index contributed by atoms with van der Waals surface area (Å²) in [5.74, 6) is 0.524. The molecule has 2 rings (SSSR count). The van der Waals surface area contributed by atoms with Crippen molar-refractivity contribution in [1.82, 2.24) is 0 Å². The van der Waals surface area contributed by atoms with Crippen molar-refractivity contribution in [3.63, 3.8) is 0 Å².